The van der Waals surface area contributed by atoms with Crippen molar-refractivity contribution < 1.29 is 4.79 Å². The highest BCUT2D eigenvalue weighted by molar-refractivity contribution is 5.92. The highest BCUT2D eigenvalue weighted by Gasteiger charge is 2.60. The fourth-order valence-corrected chi connectivity index (χ4v) is 3.67. The van der Waals surface area contributed by atoms with Crippen molar-refractivity contribution in [3.05, 3.63) is 34.9 Å². The lowest BCUT2D eigenvalue weighted by atomic mass is 10.0. The number of amides is 1. The van der Waals surface area contributed by atoms with Gasteiger partial charge in [0.15, 0.2) is 0 Å². The minimum Gasteiger partial charge on any atom is -0.321 e. The molecule has 3 fully saturated rings. The molecule has 3 unspecified atom stereocenters. The van der Waals surface area contributed by atoms with Crippen LogP contribution in [0.4, 0.5) is 0 Å². The minimum absolute atomic E-state index is 0.0766. The van der Waals surface area contributed by atoms with E-state index in [4.69, 9.17) is 0 Å². The normalized spacial score (nSPS) is 32.8. The maximum atomic E-state index is 12.8. The average molecular weight is 284 g/mol. The van der Waals surface area contributed by atoms with E-state index in [0.717, 1.165) is 25.3 Å². The van der Waals surface area contributed by atoms with E-state index in [2.05, 4.69) is 49.2 Å². The zero-order chi connectivity index (χ0) is 14.8. The molecule has 1 N–H and O–H groups in total. The molecule has 1 aliphatic heterocycles. The molecular formula is C18H24N2O. The summed E-state index contributed by atoms with van der Waals surface area (Å²) in [6, 6.07) is 6.56. The Morgan fingerprint density at radius 3 is 2.67 bits per heavy atom. The van der Waals surface area contributed by atoms with Gasteiger partial charge in [-0.15, -0.1) is 0 Å². The second kappa shape index (κ2) is 4.33. The monoisotopic (exact) mass is 284 g/mol. The van der Waals surface area contributed by atoms with Gasteiger partial charge >= 0.3 is 0 Å². The Morgan fingerprint density at radius 1 is 1.33 bits per heavy atom. The summed E-state index contributed by atoms with van der Waals surface area (Å²) in [5, 5.41) is 3.65. The number of hydrogen-bond acceptors (Lipinski definition) is 2. The summed E-state index contributed by atoms with van der Waals surface area (Å²) >= 11 is 0. The van der Waals surface area contributed by atoms with Crippen molar-refractivity contribution >= 4 is 5.91 Å². The quantitative estimate of drug-likeness (QED) is 0.925. The number of benzene rings is 1. The third-order valence-corrected chi connectivity index (χ3v) is 5.58. The first kappa shape index (κ1) is 13.3. The predicted octanol–water partition coefficient (Wildman–Crippen LogP) is 2.92. The molecule has 21 heavy (non-hydrogen) atoms. The molecule has 2 saturated carbocycles. The van der Waals surface area contributed by atoms with Crippen LogP contribution in [0.5, 0.6) is 0 Å². The van der Waals surface area contributed by atoms with Gasteiger partial charge in [-0.3, -0.25) is 10.1 Å². The Hall–Kier alpha value is -1.35. The van der Waals surface area contributed by atoms with Crippen molar-refractivity contribution in [3.8, 4) is 0 Å². The molecule has 3 heteroatoms. The van der Waals surface area contributed by atoms with Crippen LogP contribution in [0.2, 0.25) is 0 Å². The number of hydrogen-bond donors (Lipinski definition) is 1. The van der Waals surface area contributed by atoms with Crippen molar-refractivity contribution in [1.29, 1.82) is 0 Å². The molecule has 1 heterocycles. The fourth-order valence-electron chi connectivity index (χ4n) is 3.67. The van der Waals surface area contributed by atoms with Crippen molar-refractivity contribution in [2.24, 2.45) is 11.8 Å². The second-order valence-corrected chi connectivity index (χ2v) is 7.42. The highest BCUT2D eigenvalue weighted by atomic mass is 16.2. The van der Waals surface area contributed by atoms with Crippen LogP contribution in [0.25, 0.3) is 0 Å². The molecule has 3 nitrogen and oxygen atoms in total. The van der Waals surface area contributed by atoms with Gasteiger partial charge in [0, 0.05) is 6.54 Å². The summed E-state index contributed by atoms with van der Waals surface area (Å²) in [6.07, 6.45) is 3.36. The summed E-state index contributed by atoms with van der Waals surface area (Å²) < 4.78 is 0. The van der Waals surface area contributed by atoms with Gasteiger partial charge in [0.05, 0.1) is 0 Å². The lowest BCUT2D eigenvalue weighted by Crippen LogP contribution is -2.34. The second-order valence-electron chi connectivity index (χ2n) is 7.42. The molecule has 1 aromatic carbocycles. The molecule has 0 radical (unpaired) electrons. The summed E-state index contributed by atoms with van der Waals surface area (Å²) in [5.41, 5.74) is 3.60. The first-order valence-corrected chi connectivity index (χ1v) is 8.16. The van der Waals surface area contributed by atoms with Crippen molar-refractivity contribution in [3.63, 3.8) is 0 Å². The van der Waals surface area contributed by atoms with Crippen molar-refractivity contribution in [2.45, 2.75) is 51.7 Å². The fraction of sp³-hybridized carbons (Fsp3) is 0.611. The molecule has 112 valence electrons. The molecule has 0 aromatic heterocycles. The van der Waals surface area contributed by atoms with Gasteiger partial charge in [0.2, 0.25) is 5.91 Å². The van der Waals surface area contributed by atoms with Crippen LogP contribution in [0.1, 0.15) is 49.0 Å². The van der Waals surface area contributed by atoms with Gasteiger partial charge in [-0.05, 0) is 56.1 Å². The van der Waals surface area contributed by atoms with E-state index < -0.39 is 0 Å². The standard InChI is InChI=1S/C18H24N2O/c1-11-4-5-12(2)15(8-11)16-19-18(6-7-18)17(21)20(16)10-14-9-13(14)3/h4-5,8,13-14,16,19H,6-7,9-10H2,1-3H3. The van der Waals surface area contributed by atoms with E-state index in [-0.39, 0.29) is 11.7 Å². The minimum atomic E-state index is -0.223. The van der Waals surface area contributed by atoms with Gasteiger partial charge in [0.1, 0.15) is 11.7 Å². The third-order valence-electron chi connectivity index (χ3n) is 5.58. The summed E-state index contributed by atoms with van der Waals surface area (Å²) in [4.78, 5) is 14.9. The molecule has 1 amide bonds. The maximum Gasteiger partial charge on any atom is 0.244 e. The van der Waals surface area contributed by atoms with Crippen LogP contribution in [0.3, 0.4) is 0 Å². The molecule has 3 atom stereocenters. The summed E-state index contributed by atoms with van der Waals surface area (Å²) in [5.74, 6) is 1.83. The predicted molar refractivity (Wildman–Crippen MR) is 82.7 cm³/mol. The largest absolute Gasteiger partial charge is 0.321 e. The van der Waals surface area contributed by atoms with Gasteiger partial charge in [0.25, 0.3) is 0 Å². The van der Waals surface area contributed by atoms with Crippen LogP contribution in [0.15, 0.2) is 18.2 Å². The van der Waals surface area contributed by atoms with E-state index in [0.29, 0.717) is 11.8 Å². The van der Waals surface area contributed by atoms with Crippen molar-refractivity contribution in [2.75, 3.05) is 6.54 Å². The Kier molecular flexibility index (Phi) is 2.74. The molecule has 3 aliphatic rings. The lowest BCUT2D eigenvalue weighted by molar-refractivity contribution is -0.131. The number of nitrogens with one attached hydrogen (secondary N) is 1. The van der Waals surface area contributed by atoms with E-state index in [1.54, 1.807) is 0 Å². The van der Waals surface area contributed by atoms with Crippen LogP contribution in [-0.2, 0) is 4.79 Å². The Balaban J connectivity index is 1.67. The first-order valence-electron chi connectivity index (χ1n) is 8.16. The third kappa shape index (κ3) is 2.10. The zero-order valence-corrected chi connectivity index (χ0v) is 13.1. The summed E-state index contributed by atoms with van der Waals surface area (Å²) in [7, 11) is 0. The van der Waals surface area contributed by atoms with Crippen LogP contribution in [0, 0.1) is 25.7 Å². The highest BCUT2D eigenvalue weighted by Crippen LogP contribution is 2.48. The molecular weight excluding hydrogens is 260 g/mol. The van der Waals surface area contributed by atoms with Gasteiger partial charge < -0.3 is 4.90 Å². The van der Waals surface area contributed by atoms with E-state index >= 15 is 0 Å². The number of rotatable bonds is 3. The van der Waals surface area contributed by atoms with E-state index in [1.807, 2.05) is 0 Å². The number of carbonyl (C=O) groups excluding carboxylic acids is 1. The number of carbonyl (C=O) groups is 1. The molecule has 1 saturated heterocycles. The average Bonchev–Trinajstić information content (AvgIpc) is 3.33. The van der Waals surface area contributed by atoms with Gasteiger partial charge in [-0.25, -0.2) is 0 Å². The summed E-state index contributed by atoms with van der Waals surface area (Å²) in [6.45, 7) is 7.49. The zero-order valence-electron chi connectivity index (χ0n) is 13.1. The van der Waals surface area contributed by atoms with Gasteiger partial charge in [-0.2, -0.15) is 0 Å². The molecule has 1 aromatic rings. The van der Waals surface area contributed by atoms with Crippen LogP contribution < -0.4 is 5.32 Å². The molecule has 2 aliphatic carbocycles. The van der Waals surface area contributed by atoms with E-state index in [9.17, 15) is 4.79 Å². The Labute approximate surface area is 126 Å². The van der Waals surface area contributed by atoms with Gasteiger partial charge in [-0.1, -0.05) is 30.7 Å². The number of aryl methyl sites for hydroxylation is 2. The Bertz CT molecular complexity index is 605. The van der Waals surface area contributed by atoms with Crippen LogP contribution in [-0.4, -0.2) is 22.9 Å². The smallest absolute Gasteiger partial charge is 0.244 e. The number of nitrogens with zero attached hydrogens (tertiary/aromatic N) is 1. The Morgan fingerprint density at radius 2 is 2.05 bits per heavy atom. The topological polar surface area (TPSA) is 32.3 Å². The van der Waals surface area contributed by atoms with Crippen LogP contribution >= 0.6 is 0 Å². The molecule has 0 bridgehead atoms. The molecule has 4 rings (SSSR count). The van der Waals surface area contributed by atoms with Crippen molar-refractivity contribution in [1.82, 2.24) is 10.2 Å². The molecule has 1 spiro atoms. The van der Waals surface area contributed by atoms with E-state index in [1.165, 1.54) is 23.1 Å². The SMILES string of the molecule is Cc1ccc(C)c(C2NC3(CC3)C(=O)N2CC2CC2C)c1. The maximum absolute atomic E-state index is 12.8. The first-order chi connectivity index (χ1) is 10.00. The lowest BCUT2D eigenvalue weighted by Gasteiger charge is -2.26.